The number of aliphatic hydroxyl groups is 1. The fraction of sp³-hybridized carbons (Fsp3) is 0.243. The van der Waals surface area contributed by atoms with E-state index in [9.17, 15) is 23.1 Å². The van der Waals surface area contributed by atoms with Gasteiger partial charge in [0, 0.05) is 36.8 Å². The van der Waals surface area contributed by atoms with Crippen molar-refractivity contribution in [3.8, 4) is 28.6 Å². The van der Waals surface area contributed by atoms with Gasteiger partial charge in [-0.25, -0.2) is 17.9 Å². The molecule has 4 N–H and O–H groups in total. The Morgan fingerprint density at radius 1 is 0.941 bits per heavy atom. The van der Waals surface area contributed by atoms with Gasteiger partial charge in [0.25, 0.3) is 21.8 Å². The molecule has 266 valence electrons. The van der Waals surface area contributed by atoms with Crippen molar-refractivity contribution in [3.05, 3.63) is 108 Å². The first-order valence-corrected chi connectivity index (χ1v) is 17.7. The van der Waals surface area contributed by atoms with Crippen LogP contribution in [-0.4, -0.2) is 67.5 Å². The number of aromatic nitrogens is 2. The van der Waals surface area contributed by atoms with Gasteiger partial charge in [0.05, 0.1) is 28.4 Å². The second kappa shape index (κ2) is 16.3. The van der Waals surface area contributed by atoms with Gasteiger partial charge in [-0.1, -0.05) is 43.3 Å². The summed E-state index contributed by atoms with van der Waals surface area (Å²) in [5.41, 5.74) is 3.74. The van der Waals surface area contributed by atoms with Crippen LogP contribution in [0.4, 0.5) is 11.4 Å². The summed E-state index contributed by atoms with van der Waals surface area (Å²) in [6.07, 6.45) is 1.02. The lowest BCUT2D eigenvalue weighted by Crippen LogP contribution is -2.30. The Labute approximate surface area is 296 Å². The molecular formula is C37H39N5O8S. The monoisotopic (exact) mass is 713 g/mol. The number of amides is 1. The van der Waals surface area contributed by atoms with E-state index < -0.39 is 21.9 Å². The first-order valence-electron chi connectivity index (χ1n) is 16.2. The van der Waals surface area contributed by atoms with Crippen molar-refractivity contribution in [2.45, 2.75) is 31.7 Å². The van der Waals surface area contributed by atoms with Crippen LogP contribution >= 0.6 is 0 Å². The number of carboxylic acid groups (broad SMARTS) is 1. The molecule has 0 spiro atoms. The number of sulfonamides is 1. The van der Waals surface area contributed by atoms with Crippen molar-refractivity contribution in [1.82, 2.24) is 14.9 Å². The topological polar surface area (TPSA) is 184 Å². The molecule has 0 radical (unpaired) electrons. The standard InChI is InChI=1S/C37H39N5O8S/c1-24(2)16-17-42(3)33-15-12-26(22-32(33)38-23-25-10-13-30(14-11-25)49-19-18-43)34-39-36(50-40-34)28-7-4-6-27(20-28)35(44)41-51(47,48)31-9-5-8-29(21-31)37(45)46/h4-15,20-22,24,38,43H,16-19,23H2,1-3H3,(H,41,44)(H,45,46). The molecule has 0 aliphatic carbocycles. The highest BCUT2D eigenvalue weighted by Gasteiger charge is 2.21. The molecule has 0 aliphatic rings. The van der Waals surface area contributed by atoms with Crippen LogP contribution in [-0.2, 0) is 16.6 Å². The van der Waals surface area contributed by atoms with Crippen LogP contribution in [0.3, 0.4) is 0 Å². The number of carbonyl (C=O) groups is 2. The van der Waals surface area contributed by atoms with E-state index in [-0.39, 0.29) is 35.1 Å². The number of aromatic carboxylic acids is 1. The first kappa shape index (κ1) is 36.5. The summed E-state index contributed by atoms with van der Waals surface area (Å²) in [5.74, 6) is -0.570. The van der Waals surface area contributed by atoms with Crippen LogP contribution in [0.1, 0.15) is 46.5 Å². The third-order valence-corrected chi connectivity index (χ3v) is 9.22. The van der Waals surface area contributed by atoms with Crippen LogP contribution in [0.15, 0.2) is 100 Å². The van der Waals surface area contributed by atoms with Crippen LogP contribution in [0.2, 0.25) is 0 Å². The Hall–Kier alpha value is -5.73. The lowest BCUT2D eigenvalue weighted by molar-refractivity contribution is 0.0696. The molecule has 51 heavy (non-hydrogen) atoms. The fourth-order valence-electron chi connectivity index (χ4n) is 5.07. The van der Waals surface area contributed by atoms with Gasteiger partial charge in [-0.15, -0.1) is 0 Å². The van der Waals surface area contributed by atoms with Crippen molar-refractivity contribution in [2.75, 3.05) is 37.0 Å². The highest BCUT2D eigenvalue weighted by atomic mass is 32.2. The molecule has 5 rings (SSSR count). The van der Waals surface area contributed by atoms with Gasteiger partial charge >= 0.3 is 5.97 Å². The number of aliphatic hydroxyl groups excluding tert-OH is 1. The number of carbonyl (C=O) groups excluding carboxylic acids is 1. The van der Waals surface area contributed by atoms with Gasteiger partial charge < -0.3 is 29.7 Å². The number of nitrogens with one attached hydrogen (secondary N) is 2. The second-order valence-electron chi connectivity index (χ2n) is 12.2. The highest BCUT2D eigenvalue weighted by molar-refractivity contribution is 7.90. The Morgan fingerprint density at radius 3 is 2.41 bits per heavy atom. The van der Waals surface area contributed by atoms with Crippen molar-refractivity contribution in [2.24, 2.45) is 5.92 Å². The van der Waals surface area contributed by atoms with Gasteiger partial charge in [-0.2, -0.15) is 4.98 Å². The van der Waals surface area contributed by atoms with E-state index in [0.717, 1.165) is 36.0 Å². The lowest BCUT2D eigenvalue weighted by Gasteiger charge is -2.24. The maximum Gasteiger partial charge on any atom is 0.335 e. The molecule has 1 amide bonds. The van der Waals surface area contributed by atoms with E-state index in [4.69, 9.17) is 14.4 Å². The second-order valence-corrected chi connectivity index (χ2v) is 13.9. The molecular weight excluding hydrogens is 675 g/mol. The van der Waals surface area contributed by atoms with E-state index in [1.165, 1.54) is 30.3 Å². The van der Waals surface area contributed by atoms with Crippen LogP contribution in [0.25, 0.3) is 22.8 Å². The Kier molecular flexibility index (Phi) is 11.7. The summed E-state index contributed by atoms with van der Waals surface area (Å²) < 4.78 is 38.7. The summed E-state index contributed by atoms with van der Waals surface area (Å²) in [7, 11) is -2.32. The number of benzene rings is 4. The van der Waals surface area contributed by atoms with Gasteiger partial charge in [0.2, 0.25) is 5.82 Å². The molecule has 0 saturated carbocycles. The van der Waals surface area contributed by atoms with Crippen molar-refractivity contribution < 1.29 is 37.5 Å². The summed E-state index contributed by atoms with van der Waals surface area (Å²) >= 11 is 0. The number of anilines is 2. The van der Waals surface area contributed by atoms with Crippen LogP contribution in [0, 0.1) is 5.92 Å². The molecule has 0 fully saturated rings. The van der Waals surface area contributed by atoms with Crippen LogP contribution in [0.5, 0.6) is 5.75 Å². The van der Waals surface area contributed by atoms with Gasteiger partial charge in [-0.3, -0.25) is 4.79 Å². The Morgan fingerprint density at radius 2 is 1.69 bits per heavy atom. The number of rotatable bonds is 16. The van der Waals surface area contributed by atoms with E-state index in [1.54, 1.807) is 12.1 Å². The maximum absolute atomic E-state index is 13.0. The van der Waals surface area contributed by atoms with E-state index in [1.807, 2.05) is 54.2 Å². The minimum absolute atomic E-state index is 0.0125. The predicted molar refractivity (Wildman–Crippen MR) is 192 cm³/mol. The van der Waals surface area contributed by atoms with Crippen molar-refractivity contribution in [3.63, 3.8) is 0 Å². The third kappa shape index (κ3) is 9.50. The first-order chi connectivity index (χ1) is 24.4. The third-order valence-electron chi connectivity index (χ3n) is 7.89. The zero-order chi connectivity index (χ0) is 36.5. The average Bonchev–Trinajstić information content (AvgIpc) is 3.63. The summed E-state index contributed by atoms with van der Waals surface area (Å²) in [4.78, 5) is 30.7. The highest BCUT2D eigenvalue weighted by Crippen LogP contribution is 2.32. The summed E-state index contributed by atoms with van der Waals surface area (Å²) in [5, 5.41) is 25.9. The number of hydrogen-bond acceptors (Lipinski definition) is 11. The van der Waals surface area contributed by atoms with E-state index >= 15 is 0 Å². The smallest absolute Gasteiger partial charge is 0.335 e. The van der Waals surface area contributed by atoms with Crippen molar-refractivity contribution in [1.29, 1.82) is 0 Å². The minimum Gasteiger partial charge on any atom is -0.491 e. The normalized spacial score (nSPS) is 11.3. The predicted octanol–water partition coefficient (Wildman–Crippen LogP) is 5.69. The van der Waals surface area contributed by atoms with Gasteiger partial charge in [0.1, 0.15) is 12.4 Å². The van der Waals surface area contributed by atoms with Crippen LogP contribution < -0.4 is 19.7 Å². The molecule has 1 heterocycles. The molecule has 1 aromatic heterocycles. The molecule has 0 aliphatic heterocycles. The number of hydrogen-bond donors (Lipinski definition) is 4. The molecule has 0 unspecified atom stereocenters. The molecule has 0 atom stereocenters. The lowest BCUT2D eigenvalue weighted by atomic mass is 10.1. The summed E-state index contributed by atoms with van der Waals surface area (Å²) in [6, 6.07) is 24.2. The van der Waals surface area contributed by atoms with Gasteiger partial charge in [-0.05, 0) is 84.6 Å². The largest absolute Gasteiger partial charge is 0.491 e. The molecule has 4 aromatic carbocycles. The maximum atomic E-state index is 13.0. The molecule has 5 aromatic rings. The minimum atomic E-state index is -4.36. The zero-order valence-electron chi connectivity index (χ0n) is 28.4. The summed E-state index contributed by atoms with van der Waals surface area (Å²) in [6.45, 7) is 5.93. The molecule has 0 bridgehead atoms. The number of nitrogens with zero attached hydrogens (tertiary/aromatic N) is 3. The molecule has 0 saturated heterocycles. The molecule has 13 nitrogen and oxygen atoms in total. The molecule has 14 heteroatoms. The Balaban J connectivity index is 1.35. The van der Waals surface area contributed by atoms with Crippen molar-refractivity contribution >= 4 is 33.3 Å². The number of ether oxygens (including phenoxy) is 1. The Bertz CT molecular complexity index is 2100. The van der Waals surface area contributed by atoms with E-state index in [2.05, 4.69) is 34.2 Å². The zero-order valence-corrected chi connectivity index (χ0v) is 29.2. The van der Waals surface area contributed by atoms with Gasteiger partial charge in [0.15, 0.2) is 0 Å². The van der Waals surface area contributed by atoms with E-state index in [0.29, 0.717) is 35.2 Å². The SMILES string of the molecule is CC(C)CCN(C)c1ccc(-c2noc(-c3cccc(C(=O)NS(=O)(=O)c4cccc(C(=O)O)c4)c3)n2)cc1NCc1ccc(OCCO)cc1. The quantitative estimate of drug-likeness (QED) is 0.0982. The number of carboxylic acids is 1. The fourth-order valence-corrected chi connectivity index (χ4v) is 6.09. The average molecular weight is 714 g/mol.